The van der Waals surface area contributed by atoms with Crippen LogP contribution in [-0.2, 0) is 24.8 Å². The largest absolute Gasteiger partial charge is 0.491 e. The number of ether oxygens (including phenoxy) is 3. The number of aliphatic hydroxyl groups excluding tert-OH is 2. The van der Waals surface area contributed by atoms with E-state index in [2.05, 4.69) is 15.0 Å². The first-order chi connectivity index (χ1) is 20.9. The van der Waals surface area contributed by atoms with Crippen LogP contribution in [0.4, 0.5) is 5.69 Å². The molecule has 3 aliphatic heterocycles. The minimum absolute atomic E-state index is 0.00304. The first-order valence-electron chi connectivity index (χ1n) is 14.7. The molecule has 0 amide bonds. The Balaban J connectivity index is 1.08. The number of pyridine rings is 1. The van der Waals surface area contributed by atoms with E-state index in [0.29, 0.717) is 69.4 Å². The molecule has 2 aromatic rings. The summed E-state index contributed by atoms with van der Waals surface area (Å²) in [5.41, 5.74) is 0.231. The van der Waals surface area contributed by atoms with Gasteiger partial charge in [-0.25, -0.2) is 26.5 Å². The fourth-order valence-electron chi connectivity index (χ4n) is 5.61. The van der Waals surface area contributed by atoms with Gasteiger partial charge in [0, 0.05) is 44.8 Å². The van der Waals surface area contributed by atoms with Crippen molar-refractivity contribution in [1.82, 2.24) is 19.3 Å². The second kappa shape index (κ2) is 13.4. The Morgan fingerprint density at radius 2 is 1.93 bits per heavy atom. The normalized spacial score (nSPS) is 21.9. The van der Waals surface area contributed by atoms with Crippen LogP contribution in [0.2, 0.25) is 0 Å². The molecule has 244 valence electrons. The molecular formula is C28H41N5O9S2. The van der Waals surface area contributed by atoms with E-state index in [1.807, 2.05) is 11.9 Å². The van der Waals surface area contributed by atoms with E-state index in [1.165, 1.54) is 22.6 Å². The van der Waals surface area contributed by atoms with Crippen molar-refractivity contribution < 1.29 is 41.3 Å². The fourth-order valence-corrected chi connectivity index (χ4v) is 8.29. The van der Waals surface area contributed by atoms with E-state index in [0.717, 1.165) is 0 Å². The highest BCUT2D eigenvalue weighted by Crippen LogP contribution is 2.38. The van der Waals surface area contributed by atoms with Gasteiger partial charge in [0.2, 0.25) is 25.9 Å². The lowest BCUT2D eigenvalue weighted by molar-refractivity contribution is -0.0312. The maximum Gasteiger partial charge on any atom is 0.244 e. The summed E-state index contributed by atoms with van der Waals surface area (Å²) in [6.07, 6.45) is 2.30. The van der Waals surface area contributed by atoms with Crippen molar-refractivity contribution in [2.75, 3.05) is 64.6 Å². The van der Waals surface area contributed by atoms with Gasteiger partial charge in [0.15, 0.2) is 0 Å². The molecule has 4 heterocycles. The third kappa shape index (κ3) is 7.45. The average Bonchev–Trinajstić information content (AvgIpc) is 3.41. The molecule has 5 rings (SSSR count). The van der Waals surface area contributed by atoms with Crippen LogP contribution in [0.25, 0.3) is 0 Å². The lowest BCUT2D eigenvalue weighted by atomic mass is 9.88. The van der Waals surface area contributed by atoms with E-state index in [1.54, 1.807) is 25.1 Å². The molecule has 4 N–H and O–H groups in total. The number of sulfonamides is 2. The summed E-state index contributed by atoms with van der Waals surface area (Å²) >= 11 is 0. The average molecular weight is 656 g/mol. The Hall–Kier alpha value is -2.57. The molecule has 2 fully saturated rings. The molecule has 0 aliphatic carbocycles. The van der Waals surface area contributed by atoms with E-state index in [9.17, 15) is 21.9 Å². The van der Waals surface area contributed by atoms with Gasteiger partial charge in [-0.15, -0.1) is 0 Å². The monoisotopic (exact) mass is 655 g/mol. The number of likely N-dealkylation sites (N-methyl/N-ethyl adjacent to an activating group) is 1. The number of aliphatic hydroxyl groups is 2. The third-order valence-corrected chi connectivity index (χ3v) is 11.6. The molecule has 16 heteroatoms. The highest BCUT2D eigenvalue weighted by atomic mass is 32.2. The number of nitrogens with one attached hydrogen (secondary N) is 2. The summed E-state index contributed by atoms with van der Waals surface area (Å²) in [5, 5.41) is 23.0. The van der Waals surface area contributed by atoms with Gasteiger partial charge in [0.1, 0.15) is 35.7 Å². The summed E-state index contributed by atoms with van der Waals surface area (Å²) in [7, 11) is -5.67. The topological polar surface area (TPSA) is 180 Å². The van der Waals surface area contributed by atoms with Crippen LogP contribution in [0.1, 0.15) is 26.2 Å². The second-order valence-corrected chi connectivity index (χ2v) is 15.3. The molecule has 1 aromatic heterocycles. The Kier molecular flexibility index (Phi) is 10.0. The van der Waals surface area contributed by atoms with Crippen LogP contribution in [0, 0.1) is 0 Å². The second-order valence-electron chi connectivity index (χ2n) is 11.6. The summed E-state index contributed by atoms with van der Waals surface area (Å²) in [6, 6.07) is 6.91. The third-order valence-electron chi connectivity index (χ3n) is 8.19. The standard InChI is InChI=1S/C28H41N5O9S2/c1-20(17-34)31-43(36,37)24-5-3-4-23(12-24)41-19-22(35)15-29-21-14-28(42-18-21)6-8-33(9-7-28)44(38,39)25-13-26-27(30-16-25)40-11-10-32(26)2/h3-5,12-13,16,20-22,29,31,34-35H,6-11,14-15,17-19H2,1-2H3/t20-,21-,22+/m1/s1. The van der Waals surface area contributed by atoms with Crippen LogP contribution >= 0.6 is 0 Å². The SMILES string of the molecule is C[C@H](CO)NS(=O)(=O)c1cccc(OC[C@@H](O)CN[C@H]2COC3(CCN(S(=O)(=O)c4cnc5c(c4)N(C)CCO5)CC3)C2)c1. The zero-order valence-corrected chi connectivity index (χ0v) is 26.5. The number of rotatable bonds is 12. The van der Waals surface area contributed by atoms with Crippen LogP contribution in [0.15, 0.2) is 46.3 Å². The van der Waals surface area contributed by atoms with Crippen molar-refractivity contribution in [2.24, 2.45) is 0 Å². The maximum atomic E-state index is 13.4. The summed E-state index contributed by atoms with van der Waals surface area (Å²) in [6.45, 7) is 3.68. The number of hydrogen-bond acceptors (Lipinski definition) is 12. The lowest BCUT2D eigenvalue weighted by Crippen LogP contribution is -2.47. The molecule has 1 spiro atoms. The lowest BCUT2D eigenvalue weighted by Gasteiger charge is -2.38. The van der Waals surface area contributed by atoms with Gasteiger partial charge in [0.05, 0.1) is 36.5 Å². The molecular weight excluding hydrogens is 614 g/mol. The number of benzene rings is 1. The minimum Gasteiger partial charge on any atom is -0.491 e. The van der Waals surface area contributed by atoms with E-state index in [4.69, 9.17) is 19.3 Å². The molecule has 0 bridgehead atoms. The van der Waals surface area contributed by atoms with Gasteiger partial charge in [-0.1, -0.05) is 6.07 Å². The van der Waals surface area contributed by atoms with Crippen molar-refractivity contribution in [3.63, 3.8) is 0 Å². The van der Waals surface area contributed by atoms with Crippen LogP contribution in [0.5, 0.6) is 11.6 Å². The number of nitrogens with zero attached hydrogens (tertiary/aromatic N) is 3. The molecule has 1 aromatic carbocycles. The zero-order chi connectivity index (χ0) is 31.5. The number of anilines is 1. The Morgan fingerprint density at radius 3 is 2.68 bits per heavy atom. The van der Waals surface area contributed by atoms with E-state index in [-0.39, 0.29) is 35.6 Å². The van der Waals surface area contributed by atoms with Crippen molar-refractivity contribution in [3.8, 4) is 11.6 Å². The number of fused-ring (bicyclic) bond motifs is 1. The van der Waals surface area contributed by atoms with Gasteiger partial charge >= 0.3 is 0 Å². The molecule has 0 unspecified atom stereocenters. The first kappa shape index (κ1) is 32.8. The van der Waals surface area contributed by atoms with Gasteiger partial charge < -0.3 is 34.6 Å². The van der Waals surface area contributed by atoms with Gasteiger partial charge in [-0.05, 0) is 44.4 Å². The predicted octanol–water partition coefficient (Wildman–Crippen LogP) is -0.0890. The van der Waals surface area contributed by atoms with E-state index < -0.39 is 37.8 Å². The first-order valence-corrected chi connectivity index (χ1v) is 17.6. The van der Waals surface area contributed by atoms with Crippen LogP contribution in [-0.4, -0.2) is 120 Å². The summed E-state index contributed by atoms with van der Waals surface area (Å²) in [4.78, 5) is 6.31. The maximum absolute atomic E-state index is 13.4. The summed E-state index contributed by atoms with van der Waals surface area (Å²) < 4.78 is 73.0. The van der Waals surface area contributed by atoms with Crippen molar-refractivity contribution in [2.45, 2.75) is 59.8 Å². The summed E-state index contributed by atoms with van der Waals surface area (Å²) in [5.74, 6) is 0.729. The molecule has 14 nitrogen and oxygen atoms in total. The Bertz CT molecular complexity index is 1520. The highest BCUT2D eigenvalue weighted by Gasteiger charge is 2.45. The predicted molar refractivity (Wildman–Crippen MR) is 161 cm³/mol. The molecule has 3 aliphatic rings. The van der Waals surface area contributed by atoms with Crippen molar-refractivity contribution in [3.05, 3.63) is 36.5 Å². The molecule has 2 saturated heterocycles. The molecule has 3 atom stereocenters. The number of aromatic nitrogens is 1. The van der Waals surface area contributed by atoms with Crippen LogP contribution < -0.4 is 24.4 Å². The Labute approximate surface area is 258 Å². The van der Waals surface area contributed by atoms with Crippen molar-refractivity contribution >= 4 is 25.7 Å². The fraction of sp³-hybridized carbons (Fsp3) is 0.607. The molecule has 0 saturated carbocycles. The minimum atomic E-state index is -3.82. The van der Waals surface area contributed by atoms with Crippen LogP contribution in [0.3, 0.4) is 0 Å². The smallest absolute Gasteiger partial charge is 0.244 e. The van der Waals surface area contributed by atoms with Gasteiger partial charge in [-0.3, -0.25) is 0 Å². The van der Waals surface area contributed by atoms with Gasteiger partial charge in [0.25, 0.3) is 0 Å². The molecule has 0 radical (unpaired) electrons. The van der Waals surface area contributed by atoms with Crippen molar-refractivity contribution in [1.29, 1.82) is 0 Å². The number of piperidine rings is 1. The highest BCUT2D eigenvalue weighted by molar-refractivity contribution is 7.89. The zero-order valence-electron chi connectivity index (χ0n) is 24.9. The number of hydrogen-bond donors (Lipinski definition) is 4. The molecule has 44 heavy (non-hydrogen) atoms. The Morgan fingerprint density at radius 1 is 1.16 bits per heavy atom. The van der Waals surface area contributed by atoms with Gasteiger partial charge in [-0.2, -0.15) is 4.31 Å². The quantitative estimate of drug-likeness (QED) is 0.239. The van der Waals surface area contributed by atoms with E-state index >= 15 is 0 Å².